The molecule has 0 saturated carbocycles. The Kier molecular flexibility index (Phi) is 4.34. The van der Waals surface area contributed by atoms with Gasteiger partial charge in [0.2, 0.25) is 0 Å². The number of halogens is 1. The number of nitrogen functional groups attached to an aromatic ring is 1. The molecule has 5 nitrogen and oxygen atoms in total. The van der Waals surface area contributed by atoms with Crippen LogP contribution in [0.25, 0.3) is 0 Å². The van der Waals surface area contributed by atoms with E-state index < -0.39 is 5.82 Å². The third-order valence-electron chi connectivity index (χ3n) is 3.03. The molecule has 1 amide bonds. The number of hydrogen-bond acceptors (Lipinski definition) is 3. The third kappa shape index (κ3) is 3.57. The van der Waals surface area contributed by atoms with Crippen molar-refractivity contribution in [2.75, 3.05) is 12.3 Å². The normalized spacial score (nSPS) is 10.5. The van der Waals surface area contributed by atoms with Crippen LogP contribution in [-0.2, 0) is 6.42 Å². The van der Waals surface area contributed by atoms with E-state index in [9.17, 15) is 9.18 Å². The predicted octanol–water partition coefficient (Wildman–Crippen LogP) is 1.80. The zero-order valence-corrected chi connectivity index (χ0v) is 11.2. The molecule has 2 aromatic rings. The van der Waals surface area contributed by atoms with Crippen LogP contribution in [0.5, 0.6) is 0 Å². The number of aromatic nitrogens is 2. The summed E-state index contributed by atoms with van der Waals surface area (Å²) in [6, 6.07) is 3.81. The molecule has 0 spiro atoms. The molecule has 20 heavy (non-hydrogen) atoms. The van der Waals surface area contributed by atoms with Crippen molar-refractivity contribution in [2.24, 2.45) is 0 Å². The number of nitrogens with two attached hydrogens (primary N) is 1. The van der Waals surface area contributed by atoms with Crippen molar-refractivity contribution in [1.29, 1.82) is 0 Å². The molecule has 0 aliphatic carbocycles. The van der Waals surface area contributed by atoms with Crippen LogP contribution in [0.3, 0.4) is 0 Å². The van der Waals surface area contributed by atoms with Gasteiger partial charge in [-0.25, -0.2) is 4.39 Å². The van der Waals surface area contributed by atoms with E-state index in [-0.39, 0.29) is 17.2 Å². The lowest BCUT2D eigenvalue weighted by molar-refractivity contribution is 0.0953. The summed E-state index contributed by atoms with van der Waals surface area (Å²) >= 11 is 0. The fourth-order valence-electron chi connectivity index (χ4n) is 1.95. The second kappa shape index (κ2) is 6.18. The summed E-state index contributed by atoms with van der Waals surface area (Å²) in [7, 11) is 0. The van der Waals surface area contributed by atoms with E-state index >= 15 is 0 Å². The highest BCUT2D eigenvalue weighted by atomic mass is 19.1. The average molecular weight is 276 g/mol. The molecule has 0 aliphatic heterocycles. The van der Waals surface area contributed by atoms with Crippen molar-refractivity contribution in [3.05, 3.63) is 47.0 Å². The van der Waals surface area contributed by atoms with Crippen LogP contribution >= 0.6 is 0 Å². The van der Waals surface area contributed by atoms with Gasteiger partial charge in [0.15, 0.2) is 0 Å². The van der Waals surface area contributed by atoms with Gasteiger partial charge in [-0.3, -0.25) is 9.89 Å². The van der Waals surface area contributed by atoms with Crippen molar-refractivity contribution >= 4 is 11.6 Å². The number of aromatic amines is 1. The van der Waals surface area contributed by atoms with Gasteiger partial charge in [-0.05, 0) is 43.5 Å². The number of rotatable bonds is 5. The highest BCUT2D eigenvalue weighted by Gasteiger charge is 2.07. The first-order valence-electron chi connectivity index (χ1n) is 6.39. The Balaban J connectivity index is 1.82. The number of amides is 1. The lowest BCUT2D eigenvalue weighted by atomic mass is 10.1. The highest BCUT2D eigenvalue weighted by Crippen LogP contribution is 2.10. The molecule has 6 heteroatoms. The number of H-pyrrole nitrogens is 1. The fraction of sp³-hybridized carbons (Fsp3) is 0.286. The predicted molar refractivity (Wildman–Crippen MR) is 74.8 cm³/mol. The molecule has 0 unspecified atom stereocenters. The maximum Gasteiger partial charge on any atom is 0.251 e. The zero-order chi connectivity index (χ0) is 14.5. The molecule has 0 aliphatic rings. The first-order chi connectivity index (χ1) is 9.56. The molecule has 0 bridgehead atoms. The van der Waals surface area contributed by atoms with Crippen molar-refractivity contribution < 1.29 is 9.18 Å². The number of benzene rings is 1. The van der Waals surface area contributed by atoms with Crippen molar-refractivity contribution in [3.8, 4) is 0 Å². The monoisotopic (exact) mass is 276 g/mol. The second-order valence-electron chi connectivity index (χ2n) is 4.65. The first-order valence-corrected chi connectivity index (χ1v) is 6.39. The Bertz CT molecular complexity index is 589. The van der Waals surface area contributed by atoms with E-state index in [4.69, 9.17) is 5.73 Å². The van der Waals surface area contributed by atoms with Gasteiger partial charge in [0.25, 0.3) is 5.91 Å². The Morgan fingerprint density at radius 2 is 2.25 bits per heavy atom. The van der Waals surface area contributed by atoms with Gasteiger partial charge in [0.05, 0.1) is 6.20 Å². The lowest BCUT2D eigenvalue weighted by Gasteiger charge is -2.06. The standard InChI is InChI=1S/C14H17FN4O/c1-9-10(8-18-19-9)3-2-4-17-14(20)11-5-12(15)7-13(16)6-11/h5-8H,2-4,16H2,1H3,(H,17,20)(H,18,19). The first kappa shape index (κ1) is 14.0. The van der Waals surface area contributed by atoms with Gasteiger partial charge in [-0.15, -0.1) is 0 Å². The summed E-state index contributed by atoms with van der Waals surface area (Å²) in [5.41, 5.74) is 8.15. The molecule has 2 rings (SSSR count). The molecular weight excluding hydrogens is 259 g/mol. The van der Waals surface area contributed by atoms with Crippen LogP contribution in [-0.4, -0.2) is 22.6 Å². The number of nitrogens with zero attached hydrogens (tertiary/aromatic N) is 1. The molecule has 0 atom stereocenters. The van der Waals surface area contributed by atoms with Crippen molar-refractivity contribution in [1.82, 2.24) is 15.5 Å². The van der Waals surface area contributed by atoms with E-state index in [1.165, 1.54) is 18.2 Å². The van der Waals surface area contributed by atoms with E-state index in [0.717, 1.165) is 24.1 Å². The average Bonchev–Trinajstić information content (AvgIpc) is 2.79. The summed E-state index contributed by atoms with van der Waals surface area (Å²) in [5, 5.41) is 9.54. The number of hydrogen-bond donors (Lipinski definition) is 3. The van der Waals surface area contributed by atoms with Gasteiger partial charge in [0, 0.05) is 23.5 Å². The zero-order valence-electron chi connectivity index (χ0n) is 11.2. The highest BCUT2D eigenvalue weighted by molar-refractivity contribution is 5.95. The lowest BCUT2D eigenvalue weighted by Crippen LogP contribution is -2.25. The molecule has 1 aromatic heterocycles. The Labute approximate surface area is 116 Å². The largest absolute Gasteiger partial charge is 0.399 e. The van der Waals surface area contributed by atoms with Crippen LogP contribution in [0.15, 0.2) is 24.4 Å². The van der Waals surface area contributed by atoms with Gasteiger partial charge < -0.3 is 11.1 Å². The van der Waals surface area contributed by atoms with Gasteiger partial charge in [-0.2, -0.15) is 5.10 Å². The molecular formula is C14H17FN4O. The maximum atomic E-state index is 13.1. The molecule has 0 fully saturated rings. The van der Waals surface area contributed by atoms with Crippen LogP contribution in [0.1, 0.15) is 28.0 Å². The molecule has 106 valence electrons. The fourth-order valence-corrected chi connectivity index (χ4v) is 1.95. The molecule has 4 N–H and O–H groups in total. The SMILES string of the molecule is Cc1[nH]ncc1CCCNC(=O)c1cc(N)cc(F)c1. The second-order valence-corrected chi connectivity index (χ2v) is 4.65. The Hall–Kier alpha value is -2.37. The summed E-state index contributed by atoms with van der Waals surface area (Å²) in [6.45, 7) is 2.47. The third-order valence-corrected chi connectivity index (χ3v) is 3.03. The Morgan fingerprint density at radius 1 is 1.45 bits per heavy atom. The van der Waals surface area contributed by atoms with Crippen molar-refractivity contribution in [2.45, 2.75) is 19.8 Å². The summed E-state index contributed by atoms with van der Waals surface area (Å²) < 4.78 is 13.1. The summed E-state index contributed by atoms with van der Waals surface area (Å²) in [6.07, 6.45) is 3.40. The molecule has 1 aromatic carbocycles. The smallest absolute Gasteiger partial charge is 0.251 e. The van der Waals surface area contributed by atoms with Crippen molar-refractivity contribution in [3.63, 3.8) is 0 Å². The van der Waals surface area contributed by atoms with Gasteiger partial charge in [0.1, 0.15) is 5.82 Å². The molecule has 0 saturated heterocycles. The van der Waals surface area contributed by atoms with Crippen LogP contribution in [0.4, 0.5) is 10.1 Å². The minimum absolute atomic E-state index is 0.238. The van der Waals surface area contributed by atoms with Crippen LogP contribution in [0, 0.1) is 12.7 Å². The number of carbonyl (C=O) groups excluding carboxylic acids is 1. The van der Waals surface area contributed by atoms with E-state index in [1.807, 2.05) is 6.92 Å². The van der Waals surface area contributed by atoms with Gasteiger partial charge in [-0.1, -0.05) is 0 Å². The molecule has 1 heterocycles. The summed E-state index contributed by atoms with van der Waals surface area (Å²) in [4.78, 5) is 11.8. The summed E-state index contributed by atoms with van der Waals surface area (Å²) in [5.74, 6) is -0.829. The maximum absolute atomic E-state index is 13.1. The molecule has 0 radical (unpaired) electrons. The van der Waals surface area contributed by atoms with Crippen LogP contribution in [0.2, 0.25) is 0 Å². The number of aryl methyl sites for hydroxylation is 2. The van der Waals surface area contributed by atoms with E-state index in [0.29, 0.717) is 6.54 Å². The van der Waals surface area contributed by atoms with Gasteiger partial charge >= 0.3 is 0 Å². The number of carbonyl (C=O) groups is 1. The quantitative estimate of drug-likeness (QED) is 0.575. The van der Waals surface area contributed by atoms with E-state index in [2.05, 4.69) is 15.5 Å². The van der Waals surface area contributed by atoms with E-state index in [1.54, 1.807) is 6.20 Å². The number of anilines is 1. The minimum atomic E-state index is -0.510. The van der Waals surface area contributed by atoms with Crippen LogP contribution < -0.4 is 11.1 Å². The topological polar surface area (TPSA) is 83.8 Å². The minimum Gasteiger partial charge on any atom is -0.399 e. The number of nitrogens with one attached hydrogen (secondary N) is 2. The Morgan fingerprint density at radius 3 is 2.90 bits per heavy atom.